The zero-order valence-electron chi connectivity index (χ0n) is 19.5. The first-order chi connectivity index (χ1) is 16.8. The molecule has 184 valence electrons. The largest absolute Gasteiger partial charge is 0.506 e. The zero-order chi connectivity index (χ0) is 25.5. The summed E-state index contributed by atoms with van der Waals surface area (Å²) >= 11 is 6.73. The minimum absolute atomic E-state index is 0.00129. The SMILES string of the molecule is CCOCc1nc(O)c(C(=N)SC(=N)Cc2ccc(Cl)cc2)c(O)c1-c1c(OC)cccc1OC. The van der Waals surface area contributed by atoms with E-state index in [1.54, 1.807) is 42.5 Å². The van der Waals surface area contributed by atoms with E-state index >= 15 is 0 Å². The fraction of sp³-hybridized carbons (Fsp3) is 0.240. The van der Waals surface area contributed by atoms with Crippen LogP contribution in [0.25, 0.3) is 11.1 Å². The van der Waals surface area contributed by atoms with Gasteiger partial charge >= 0.3 is 0 Å². The number of benzene rings is 2. The molecule has 0 amide bonds. The first-order valence-electron chi connectivity index (χ1n) is 10.6. The molecule has 1 heterocycles. The van der Waals surface area contributed by atoms with Gasteiger partial charge in [0, 0.05) is 18.1 Å². The summed E-state index contributed by atoms with van der Waals surface area (Å²) in [5.41, 5.74) is 1.53. The molecule has 4 N–H and O–H groups in total. The van der Waals surface area contributed by atoms with Gasteiger partial charge < -0.3 is 24.4 Å². The van der Waals surface area contributed by atoms with Crippen molar-refractivity contribution in [1.82, 2.24) is 4.98 Å². The molecule has 0 saturated heterocycles. The van der Waals surface area contributed by atoms with Gasteiger partial charge in [0.05, 0.1) is 42.7 Å². The van der Waals surface area contributed by atoms with E-state index in [2.05, 4.69) is 4.98 Å². The standard InChI is InChI=1S/C25H26ClN3O5S/c1-4-34-13-16-20(21-17(32-2)6-5-7-18(21)33-3)23(30)22(25(31)29-16)24(28)35-19(27)12-14-8-10-15(26)11-9-14/h5-11,27-28H,4,12-13H2,1-3H3,(H2,29,30,31). The predicted octanol–water partition coefficient (Wildman–Crippen LogP) is 5.65. The number of hydrogen-bond acceptors (Lipinski definition) is 9. The van der Waals surface area contributed by atoms with Gasteiger partial charge in [-0.2, -0.15) is 0 Å². The highest BCUT2D eigenvalue weighted by atomic mass is 35.5. The van der Waals surface area contributed by atoms with Crippen molar-refractivity contribution in [3.63, 3.8) is 0 Å². The average molecular weight is 516 g/mol. The molecular formula is C25H26ClN3O5S. The number of aromatic nitrogens is 1. The highest BCUT2D eigenvalue weighted by Crippen LogP contribution is 2.47. The Kier molecular flexibility index (Phi) is 8.97. The number of methoxy groups -OCH3 is 2. The lowest BCUT2D eigenvalue weighted by molar-refractivity contribution is 0.131. The van der Waals surface area contributed by atoms with Gasteiger partial charge in [-0.15, -0.1) is 0 Å². The summed E-state index contributed by atoms with van der Waals surface area (Å²) in [7, 11) is 2.98. The smallest absolute Gasteiger partial charge is 0.225 e. The van der Waals surface area contributed by atoms with E-state index in [1.165, 1.54) is 14.2 Å². The van der Waals surface area contributed by atoms with E-state index in [1.807, 2.05) is 6.92 Å². The quantitative estimate of drug-likeness (QED) is 0.214. The number of rotatable bonds is 9. The number of halogens is 1. The van der Waals surface area contributed by atoms with Crippen molar-refractivity contribution in [2.45, 2.75) is 20.0 Å². The molecule has 0 spiro atoms. The van der Waals surface area contributed by atoms with Gasteiger partial charge in [-0.25, -0.2) is 4.98 Å². The number of nitrogens with zero attached hydrogens (tertiary/aromatic N) is 1. The molecule has 8 nitrogen and oxygen atoms in total. The lowest BCUT2D eigenvalue weighted by Gasteiger charge is -2.19. The number of pyridine rings is 1. The third-order valence-electron chi connectivity index (χ3n) is 5.08. The van der Waals surface area contributed by atoms with E-state index in [0.717, 1.165) is 17.3 Å². The van der Waals surface area contributed by atoms with Crippen LogP contribution in [0, 0.1) is 10.8 Å². The maximum Gasteiger partial charge on any atom is 0.225 e. The maximum absolute atomic E-state index is 11.3. The fourth-order valence-electron chi connectivity index (χ4n) is 3.48. The summed E-state index contributed by atoms with van der Waals surface area (Å²) in [6.45, 7) is 2.21. The number of aromatic hydroxyl groups is 2. The van der Waals surface area contributed by atoms with Crippen molar-refractivity contribution < 1.29 is 24.4 Å². The highest BCUT2D eigenvalue weighted by molar-refractivity contribution is 8.26. The second kappa shape index (κ2) is 11.9. The molecule has 0 fully saturated rings. The molecule has 0 aliphatic carbocycles. The van der Waals surface area contributed by atoms with Crippen LogP contribution in [0.3, 0.4) is 0 Å². The van der Waals surface area contributed by atoms with Crippen LogP contribution in [0.2, 0.25) is 5.02 Å². The second-order valence-electron chi connectivity index (χ2n) is 7.31. The van der Waals surface area contributed by atoms with Crippen LogP contribution in [0.15, 0.2) is 42.5 Å². The van der Waals surface area contributed by atoms with E-state index < -0.39 is 5.88 Å². The first-order valence-corrected chi connectivity index (χ1v) is 11.8. The topological polar surface area (TPSA) is 129 Å². The number of thioether (sulfide) groups is 1. The monoisotopic (exact) mass is 515 g/mol. The van der Waals surface area contributed by atoms with Crippen LogP contribution < -0.4 is 9.47 Å². The Hall–Kier alpha value is -3.27. The van der Waals surface area contributed by atoms with E-state index in [-0.39, 0.29) is 45.7 Å². The Morgan fingerprint density at radius 1 is 1.00 bits per heavy atom. The molecule has 2 aromatic carbocycles. The van der Waals surface area contributed by atoms with Crippen LogP contribution in [0.5, 0.6) is 23.1 Å². The Labute approximate surface area is 212 Å². The van der Waals surface area contributed by atoms with Crippen LogP contribution in [-0.4, -0.2) is 46.1 Å². The number of hydrogen-bond donors (Lipinski definition) is 4. The first kappa shape index (κ1) is 26.3. The molecule has 0 unspecified atom stereocenters. The normalized spacial score (nSPS) is 10.7. The van der Waals surface area contributed by atoms with E-state index in [4.69, 9.17) is 36.6 Å². The van der Waals surface area contributed by atoms with Gasteiger partial charge in [0.2, 0.25) is 5.88 Å². The minimum atomic E-state index is -0.536. The van der Waals surface area contributed by atoms with Crippen LogP contribution in [0.4, 0.5) is 0 Å². The molecular weight excluding hydrogens is 490 g/mol. The minimum Gasteiger partial charge on any atom is -0.506 e. The molecule has 35 heavy (non-hydrogen) atoms. The molecule has 0 radical (unpaired) electrons. The summed E-state index contributed by atoms with van der Waals surface area (Å²) in [5, 5.41) is 39.4. The Morgan fingerprint density at radius 2 is 1.63 bits per heavy atom. The van der Waals surface area contributed by atoms with Gasteiger partial charge in [-0.05, 0) is 36.8 Å². The summed E-state index contributed by atoms with van der Waals surface area (Å²) in [4.78, 5) is 4.24. The molecule has 10 heteroatoms. The van der Waals surface area contributed by atoms with Crippen molar-refractivity contribution in [2.75, 3.05) is 20.8 Å². The number of nitrogens with one attached hydrogen (secondary N) is 2. The molecule has 0 bridgehead atoms. The Balaban J connectivity index is 2.06. The summed E-state index contributed by atoms with van der Waals surface area (Å²) in [6.07, 6.45) is 0.259. The van der Waals surface area contributed by atoms with Gasteiger partial charge in [0.15, 0.2) is 0 Å². The molecule has 0 aliphatic rings. The van der Waals surface area contributed by atoms with Crippen molar-refractivity contribution >= 4 is 33.5 Å². The van der Waals surface area contributed by atoms with E-state index in [9.17, 15) is 10.2 Å². The maximum atomic E-state index is 11.3. The predicted molar refractivity (Wildman–Crippen MR) is 139 cm³/mol. The lowest BCUT2D eigenvalue weighted by atomic mass is 9.98. The summed E-state index contributed by atoms with van der Waals surface area (Å²) < 4.78 is 16.5. The fourth-order valence-corrected chi connectivity index (χ4v) is 4.38. The van der Waals surface area contributed by atoms with Gasteiger partial charge in [0.25, 0.3) is 0 Å². The van der Waals surface area contributed by atoms with Crippen molar-refractivity contribution in [2.24, 2.45) is 0 Å². The molecule has 0 aliphatic heterocycles. The second-order valence-corrected chi connectivity index (χ2v) is 8.85. The molecule has 0 atom stereocenters. The highest BCUT2D eigenvalue weighted by Gasteiger charge is 2.28. The van der Waals surface area contributed by atoms with E-state index in [0.29, 0.717) is 28.7 Å². The van der Waals surface area contributed by atoms with Crippen molar-refractivity contribution in [1.29, 1.82) is 10.8 Å². The van der Waals surface area contributed by atoms with Crippen molar-refractivity contribution in [3.05, 3.63) is 64.3 Å². The van der Waals surface area contributed by atoms with Gasteiger partial charge in [-0.1, -0.05) is 41.6 Å². The lowest BCUT2D eigenvalue weighted by Crippen LogP contribution is -2.08. The zero-order valence-corrected chi connectivity index (χ0v) is 21.1. The number of ether oxygens (including phenoxy) is 3. The molecule has 0 saturated carbocycles. The van der Waals surface area contributed by atoms with Crippen molar-refractivity contribution in [3.8, 4) is 34.3 Å². The Bertz CT molecular complexity index is 1210. The van der Waals surface area contributed by atoms with Crippen LogP contribution in [0.1, 0.15) is 23.7 Å². The third kappa shape index (κ3) is 6.05. The molecule has 3 rings (SSSR count). The summed E-state index contributed by atoms with van der Waals surface area (Å²) in [5.74, 6) is -0.102. The molecule has 3 aromatic rings. The van der Waals surface area contributed by atoms with Crippen LogP contribution >= 0.6 is 23.4 Å². The van der Waals surface area contributed by atoms with Crippen LogP contribution in [-0.2, 0) is 17.8 Å². The Morgan fingerprint density at radius 3 is 2.20 bits per heavy atom. The van der Waals surface area contributed by atoms with Gasteiger partial charge in [-0.3, -0.25) is 10.8 Å². The van der Waals surface area contributed by atoms with Gasteiger partial charge in [0.1, 0.15) is 27.9 Å². The molecule has 1 aromatic heterocycles. The summed E-state index contributed by atoms with van der Waals surface area (Å²) in [6, 6.07) is 12.2. The average Bonchev–Trinajstić information content (AvgIpc) is 2.83. The third-order valence-corrected chi connectivity index (χ3v) is 6.13.